The van der Waals surface area contributed by atoms with Crippen molar-refractivity contribution in [1.82, 2.24) is 0 Å². The van der Waals surface area contributed by atoms with Crippen LogP contribution in [0, 0.1) is 46.8 Å². The fourth-order valence-corrected chi connectivity index (χ4v) is 8.12. The Morgan fingerprint density at radius 1 is 1.12 bits per heavy atom. The summed E-state index contributed by atoms with van der Waals surface area (Å²) in [6, 6.07) is 0. The smallest absolute Gasteiger partial charge is 0.310 e. The van der Waals surface area contributed by atoms with Gasteiger partial charge in [-0.3, -0.25) is 4.79 Å². The molecule has 4 fully saturated rings. The lowest BCUT2D eigenvalue weighted by molar-refractivity contribution is -0.164. The van der Waals surface area contributed by atoms with Crippen LogP contribution in [0.3, 0.4) is 0 Å². The SMILES string of the molecule is CCC1(OC(=O)C2CC3CC2CC32CC3CC2C(C)C3C)C=CCC1. The summed E-state index contributed by atoms with van der Waals surface area (Å²) in [5.74, 6) is 5.47. The van der Waals surface area contributed by atoms with Gasteiger partial charge in [0.25, 0.3) is 0 Å². The van der Waals surface area contributed by atoms with Gasteiger partial charge in [-0.25, -0.2) is 0 Å². The lowest BCUT2D eigenvalue weighted by atomic mass is 9.58. The van der Waals surface area contributed by atoms with Crippen LogP contribution in [0.1, 0.15) is 72.1 Å². The van der Waals surface area contributed by atoms with E-state index in [-0.39, 0.29) is 17.5 Å². The first-order valence-corrected chi connectivity index (χ1v) is 10.9. The van der Waals surface area contributed by atoms with Crippen LogP contribution >= 0.6 is 0 Å². The van der Waals surface area contributed by atoms with Crippen molar-refractivity contribution in [3.63, 3.8) is 0 Å². The van der Waals surface area contributed by atoms with E-state index in [1.54, 1.807) is 0 Å². The topological polar surface area (TPSA) is 26.3 Å². The summed E-state index contributed by atoms with van der Waals surface area (Å²) >= 11 is 0. The molecule has 4 bridgehead atoms. The first-order valence-electron chi connectivity index (χ1n) is 10.9. The van der Waals surface area contributed by atoms with Gasteiger partial charge < -0.3 is 4.74 Å². The Morgan fingerprint density at radius 2 is 1.92 bits per heavy atom. The molecule has 0 aliphatic heterocycles. The highest BCUT2D eigenvalue weighted by Gasteiger charge is 2.66. The first-order chi connectivity index (χ1) is 12.0. The van der Waals surface area contributed by atoms with Crippen molar-refractivity contribution in [2.75, 3.05) is 0 Å². The molecule has 0 amide bonds. The van der Waals surface area contributed by atoms with Crippen molar-refractivity contribution in [2.45, 2.75) is 77.7 Å². The molecule has 0 saturated heterocycles. The number of hydrogen-bond donors (Lipinski definition) is 0. The molecule has 5 rings (SSSR count). The zero-order valence-electron chi connectivity index (χ0n) is 16.2. The van der Waals surface area contributed by atoms with Crippen LogP contribution in [0.15, 0.2) is 12.2 Å². The molecule has 9 unspecified atom stereocenters. The van der Waals surface area contributed by atoms with Crippen molar-refractivity contribution in [3.05, 3.63) is 12.2 Å². The predicted octanol–water partition coefficient (Wildman–Crippen LogP) is 5.37. The monoisotopic (exact) mass is 342 g/mol. The summed E-state index contributed by atoms with van der Waals surface area (Å²) in [7, 11) is 0. The Bertz CT molecular complexity index is 607. The van der Waals surface area contributed by atoms with Crippen molar-refractivity contribution in [3.8, 4) is 0 Å². The van der Waals surface area contributed by atoms with E-state index in [9.17, 15) is 4.79 Å². The Labute approximate surface area is 152 Å². The van der Waals surface area contributed by atoms with Gasteiger partial charge in [0.05, 0.1) is 5.92 Å². The van der Waals surface area contributed by atoms with Gasteiger partial charge >= 0.3 is 5.97 Å². The molecule has 0 radical (unpaired) electrons. The van der Waals surface area contributed by atoms with E-state index in [0.29, 0.717) is 11.3 Å². The Balaban J connectivity index is 1.29. The third-order valence-electron chi connectivity index (χ3n) is 9.66. The van der Waals surface area contributed by atoms with E-state index in [1.807, 2.05) is 0 Å². The molecule has 25 heavy (non-hydrogen) atoms. The maximum atomic E-state index is 13.0. The van der Waals surface area contributed by atoms with Crippen molar-refractivity contribution in [1.29, 1.82) is 0 Å². The van der Waals surface area contributed by atoms with E-state index in [4.69, 9.17) is 4.74 Å². The molecule has 9 atom stereocenters. The highest BCUT2D eigenvalue weighted by Crippen LogP contribution is 2.73. The molecule has 5 aliphatic rings. The molecule has 0 heterocycles. The second kappa shape index (κ2) is 5.36. The molecular formula is C23H34O2. The highest BCUT2D eigenvalue weighted by molar-refractivity contribution is 5.74. The second-order valence-electron chi connectivity index (χ2n) is 10.3. The van der Waals surface area contributed by atoms with E-state index < -0.39 is 0 Å². The minimum absolute atomic E-state index is 0.125. The number of fused-ring (bicyclic) bond motifs is 6. The van der Waals surface area contributed by atoms with E-state index in [0.717, 1.165) is 55.3 Å². The summed E-state index contributed by atoms with van der Waals surface area (Å²) in [5.41, 5.74) is 0.320. The van der Waals surface area contributed by atoms with Gasteiger partial charge in [-0.05, 0) is 98.4 Å². The number of carbonyl (C=O) groups excluding carboxylic acids is 1. The molecule has 0 aromatic carbocycles. The molecule has 0 aromatic heterocycles. The molecule has 0 N–H and O–H groups in total. The standard InChI is InChI=1S/C23H34O2/c1-4-22(7-5-6-8-22)25-21(24)19-11-18-9-17(19)13-23(18)12-16-10-20(23)15(3)14(16)2/h5,7,14-20H,4,6,8-13H2,1-3H3. The average Bonchev–Trinajstić information content (AvgIpc) is 3.38. The summed E-state index contributed by atoms with van der Waals surface area (Å²) in [6.07, 6.45) is 14.0. The van der Waals surface area contributed by atoms with Gasteiger partial charge in [-0.2, -0.15) is 0 Å². The molecule has 4 saturated carbocycles. The van der Waals surface area contributed by atoms with E-state index >= 15 is 0 Å². The third-order valence-corrected chi connectivity index (χ3v) is 9.66. The second-order valence-corrected chi connectivity index (χ2v) is 10.3. The number of allylic oxidation sites excluding steroid dienone is 1. The molecule has 0 aromatic rings. The number of esters is 1. The quantitative estimate of drug-likeness (QED) is 0.509. The predicted molar refractivity (Wildman–Crippen MR) is 98.8 cm³/mol. The Morgan fingerprint density at radius 3 is 2.48 bits per heavy atom. The van der Waals surface area contributed by atoms with Crippen LogP contribution in [-0.4, -0.2) is 11.6 Å². The van der Waals surface area contributed by atoms with Gasteiger partial charge in [-0.15, -0.1) is 0 Å². The van der Waals surface area contributed by atoms with Gasteiger partial charge in [0, 0.05) is 0 Å². The molecule has 2 heteroatoms. The van der Waals surface area contributed by atoms with Crippen LogP contribution in [0.2, 0.25) is 0 Å². The third kappa shape index (κ3) is 2.12. The zero-order valence-corrected chi connectivity index (χ0v) is 16.2. The minimum atomic E-state index is -0.285. The summed E-state index contributed by atoms with van der Waals surface area (Å²) in [4.78, 5) is 13.0. The normalized spacial score (nSPS) is 55.6. The molecule has 5 aliphatic carbocycles. The summed E-state index contributed by atoms with van der Waals surface area (Å²) < 4.78 is 6.11. The van der Waals surface area contributed by atoms with E-state index in [1.165, 1.54) is 25.7 Å². The lowest BCUT2D eigenvalue weighted by Crippen LogP contribution is -2.43. The molecule has 2 nitrogen and oxygen atoms in total. The maximum Gasteiger partial charge on any atom is 0.310 e. The van der Waals surface area contributed by atoms with Crippen LogP contribution in [-0.2, 0) is 9.53 Å². The van der Waals surface area contributed by atoms with Crippen molar-refractivity contribution in [2.24, 2.45) is 46.8 Å². The van der Waals surface area contributed by atoms with Crippen LogP contribution < -0.4 is 0 Å². The maximum absolute atomic E-state index is 13.0. The fourth-order valence-electron chi connectivity index (χ4n) is 8.12. The van der Waals surface area contributed by atoms with Gasteiger partial charge in [-0.1, -0.05) is 26.8 Å². The van der Waals surface area contributed by atoms with Crippen molar-refractivity contribution >= 4 is 5.97 Å². The molecule has 138 valence electrons. The van der Waals surface area contributed by atoms with Gasteiger partial charge in [0.15, 0.2) is 0 Å². The Kier molecular flexibility index (Phi) is 3.51. The minimum Gasteiger partial charge on any atom is -0.455 e. The summed E-state index contributed by atoms with van der Waals surface area (Å²) in [6.45, 7) is 7.14. The summed E-state index contributed by atoms with van der Waals surface area (Å²) in [5, 5.41) is 0. The average molecular weight is 343 g/mol. The van der Waals surface area contributed by atoms with E-state index in [2.05, 4.69) is 32.9 Å². The van der Waals surface area contributed by atoms with Crippen LogP contribution in [0.4, 0.5) is 0 Å². The first kappa shape index (κ1) is 16.4. The van der Waals surface area contributed by atoms with Crippen molar-refractivity contribution < 1.29 is 9.53 Å². The van der Waals surface area contributed by atoms with Crippen LogP contribution in [0.5, 0.6) is 0 Å². The number of carbonyl (C=O) groups is 1. The Hall–Kier alpha value is -0.790. The highest BCUT2D eigenvalue weighted by atomic mass is 16.6. The largest absolute Gasteiger partial charge is 0.455 e. The van der Waals surface area contributed by atoms with Gasteiger partial charge in [0.2, 0.25) is 0 Å². The van der Waals surface area contributed by atoms with Crippen LogP contribution in [0.25, 0.3) is 0 Å². The lowest BCUT2D eigenvalue weighted by Gasteiger charge is -2.47. The fraction of sp³-hybridized carbons (Fsp3) is 0.870. The van der Waals surface area contributed by atoms with Gasteiger partial charge in [0.1, 0.15) is 5.60 Å². The number of hydrogen-bond acceptors (Lipinski definition) is 2. The zero-order chi connectivity index (χ0) is 17.4. The molecule has 1 spiro atoms. The number of ether oxygens (including phenoxy) is 1. The number of rotatable bonds is 3. The molecular weight excluding hydrogens is 308 g/mol.